The zero-order chi connectivity index (χ0) is 16.8. The molecule has 24 heavy (non-hydrogen) atoms. The summed E-state index contributed by atoms with van der Waals surface area (Å²) in [5.41, 5.74) is 0.547. The number of rotatable bonds is 7. The normalized spacial score (nSPS) is 10.4. The molecule has 122 valence electrons. The first-order valence-electron chi connectivity index (χ1n) is 7.68. The third-order valence-corrected chi connectivity index (χ3v) is 3.67. The molecule has 3 rings (SSSR count). The van der Waals surface area contributed by atoms with Crippen LogP contribution in [0.5, 0.6) is 17.2 Å². The zero-order valence-electron chi connectivity index (χ0n) is 13.4. The number of hydrogen-bond donors (Lipinski definition) is 0. The van der Waals surface area contributed by atoms with Gasteiger partial charge in [0.05, 0.1) is 7.11 Å². The lowest BCUT2D eigenvalue weighted by atomic mass is 10.1. The van der Waals surface area contributed by atoms with E-state index in [1.165, 1.54) is 0 Å². The van der Waals surface area contributed by atoms with Crippen molar-refractivity contribution in [3.63, 3.8) is 0 Å². The van der Waals surface area contributed by atoms with Crippen molar-refractivity contribution >= 4 is 17.1 Å². The predicted octanol–water partition coefficient (Wildman–Crippen LogP) is 4.12. The molecule has 0 atom stereocenters. The van der Waals surface area contributed by atoms with Gasteiger partial charge in [-0.05, 0) is 29.7 Å². The molecular formula is C20H18O4. The van der Waals surface area contributed by atoms with Gasteiger partial charge in [0, 0.05) is 10.9 Å². The third kappa shape index (κ3) is 3.49. The van der Waals surface area contributed by atoms with Gasteiger partial charge in [-0.1, -0.05) is 36.4 Å². The first-order chi connectivity index (χ1) is 11.8. The highest BCUT2D eigenvalue weighted by Gasteiger charge is 2.06. The Balaban J connectivity index is 1.62. The Morgan fingerprint density at radius 1 is 0.833 bits per heavy atom. The van der Waals surface area contributed by atoms with Gasteiger partial charge < -0.3 is 14.2 Å². The van der Waals surface area contributed by atoms with E-state index < -0.39 is 0 Å². The van der Waals surface area contributed by atoms with Crippen LogP contribution in [0.1, 0.15) is 10.4 Å². The van der Waals surface area contributed by atoms with E-state index in [2.05, 4.69) is 12.1 Å². The lowest BCUT2D eigenvalue weighted by Gasteiger charge is -2.12. The van der Waals surface area contributed by atoms with Gasteiger partial charge in [-0.2, -0.15) is 0 Å². The van der Waals surface area contributed by atoms with E-state index in [-0.39, 0.29) is 0 Å². The minimum Gasteiger partial charge on any atom is -0.493 e. The fourth-order valence-electron chi connectivity index (χ4n) is 2.50. The molecule has 4 nitrogen and oxygen atoms in total. The topological polar surface area (TPSA) is 44.8 Å². The van der Waals surface area contributed by atoms with Gasteiger partial charge in [0.15, 0.2) is 11.5 Å². The van der Waals surface area contributed by atoms with Crippen molar-refractivity contribution < 1.29 is 19.0 Å². The van der Waals surface area contributed by atoms with Crippen LogP contribution in [0.15, 0.2) is 60.7 Å². The summed E-state index contributed by atoms with van der Waals surface area (Å²) in [4.78, 5) is 10.8. The Labute approximate surface area is 140 Å². The highest BCUT2D eigenvalue weighted by atomic mass is 16.5. The maximum absolute atomic E-state index is 10.8. The fraction of sp³-hybridized carbons (Fsp3) is 0.150. The fourth-order valence-corrected chi connectivity index (χ4v) is 2.50. The molecule has 3 aromatic carbocycles. The monoisotopic (exact) mass is 322 g/mol. The quantitative estimate of drug-likeness (QED) is 0.485. The Kier molecular flexibility index (Phi) is 4.96. The average Bonchev–Trinajstić information content (AvgIpc) is 2.65. The minimum atomic E-state index is 0.375. The van der Waals surface area contributed by atoms with Gasteiger partial charge in [-0.15, -0.1) is 0 Å². The van der Waals surface area contributed by atoms with Gasteiger partial charge in [-0.25, -0.2) is 0 Å². The highest BCUT2D eigenvalue weighted by Crippen LogP contribution is 2.28. The lowest BCUT2D eigenvalue weighted by molar-refractivity contribution is 0.112. The van der Waals surface area contributed by atoms with E-state index in [1.54, 1.807) is 25.3 Å². The molecule has 0 aliphatic carbocycles. The minimum absolute atomic E-state index is 0.375. The molecule has 0 heterocycles. The zero-order valence-corrected chi connectivity index (χ0v) is 13.4. The largest absolute Gasteiger partial charge is 0.493 e. The second-order valence-corrected chi connectivity index (χ2v) is 5.20. The van der Waals surface area contributed by atoms with Crippen molar-refractivity contribution in [3.8, 4) is 17.2 Å². The number of fused-ring (bicyclic) bond motifs is 1. The van der Waals surface area contributed by atoms with Crippen LogP contribution in [0.3, 0.4) is 0 Å². The maximum atomic E-state index is 10.8. The summed E-state index contributed by atoms with van der Waals surface area (Å²) in [6.07, 6.45) is 0.774. The molecule has 0 aliphatic rings. The van der Waals surface area contributed by atoms with Crippen molar-refractivity contribution in [1.29, 1.82) is 0 Å². The van der Waals surface area contributed by atoms with Crippen LogP contribution in [0.2, 0.25) is 0 Å². The Hall–Kier alpha value is -3.01. The molecular weight excluding hydrogens is 304 g/mol. The molecule has 3 aromatic rings. The predicted molar refractivity (Wildman–Crippen MR) is 93.3 cm³/mol. The Morgan fingerprint density at radius 2 is 1.58 bits per heavy atom. The van der Waals surface area contributed by atoms with E-state index in [0.717, 1.165) is 22.8 Å². The van der Waals surface area contributed by atoms with Gasteiger partial charge in [0.1, 0.15) is 25.2 Å². The smallest absolute Gasteiger partial charge is 0.161 e. The summed E-state index contributed by atoms with van der Waals surface area (Å²) in [5, 5.41) is 2.22. The van der Waals surface area contributed by atoms with Crippen molar-refractivity contribution in [2.75, 3.05) is 20.3 Å². The SMILES string of the molecule is COc1cc(C=O)ccc1OCCOc1cccc2ccccc12. The van der Waals surface area contributed by atoms with Crippen LogP contribution >= 0.6 is 0 Å². The van der Waals surface area contributed by atoms with Crippen LogP contribution in [-0.2, 0) is 0 Å². The third-order valence-electron chi connectivity index (χ3n) is 3.67. The van der Waals surface area contributed by atoms with Crippen LogP contribution in [-0.4, -0.2) is 26.6 Å². The highest BCUT2D eigenvalue weighted by molar-refractivity contribution is 5.88. The molecule has 0 N–H and O–H groups in total. The summed E-state index contributed by atoms with van der Waals surface area (Å²) < 4.78 is 16.8. The molecule has 0 aliphatic heterocycles. The summed E-state index contributed by atoms with van der Waals surface area (Å²) >= 11 is 0. The van der Waals surface area contributed by atoms with Gasteiger partial charge in [-0.3, -0.25) is 4.79 Å². The second kappa shape index (κ2) is 7.51. The second-order valence-electron chi connectivity index (χ2n) is 5.20. The molecule has 0 fully saturated rings. The van der Waals surface area contributed by atoms with Crippen molar-refractivity contribution in [2.24, 2.45) is 0 Å². The van der Waals surface area contributed by atoms with Gasteiger partial charge in [0.25, 0.3) is 0 Å². The van der Waals surface area contributed by atoms with Gasteiger partial charge in [0.2, 0.25) is 0 Å². The van der Waals surface area contributed by atoms with Crippen LogP contribution in [0, 0.1) is 0 Å². The molecule has 0 amide bonds. The maximum Gasteiger partial charge on any atom is 0.161 e. The summed E-state index contributed by atoms with van der Waals surface area (Å²) in [7, 11) is 1.55. The van der Waals surface area contributed by atoms with Crippen molar-refractivity contribution in [1.82, 2.24) is 0 Å². The number of carbonyl (C=O) groups is 1. The first-order valence-corrected chi connectivity index (χ1v) is 7.68. The molecule has 4 heteroatoms. The number of carbonyl (C=O) groups excluding carboxylic acids is 1. The standard InChI is InChI=1S/C20H18O4/c1-22-20-13-15(14-21)9-10-19(20)24-12-11-23-18-8-4-6-16-5-2-3-7-17(16)18/h2-10,13-14H,11-12H2,1H3. The van der Waals surface area contributed by atoms with E-state index in [0.29, 0.717) is 30.3 Å². The van der Waals surface area contributed by atoms with E-state index in [4.69, 9.17) is 14.2 Å². The molecule has 0 radical (unpaired) electrons. The lowest BCUT2D eigenvalue weighted by Crippen LogP contribution is -2.09. The Morgan fingerprint density at radius 3 is 2.38 bits per heavy atom. The number of methoxy groups -OCH3 is 1. The average molecular weight is 322 g/mol. The van der Waals surface area contributed by atoms with Crippen molar-refractivity contribution in [3.05, 3.63) is 66.2 Å². The molecule has 0 spiro atoms. The van der Waals surface area contributed by atoms with Crippen LogP contribution < -0.4 is 14.2 Å². The van der Waals surface area contributed by atoms with E-state index in [1.807, 2.05) is 30.3 Å². The molecule has 0 aromatic heterocycles. The van der Waals surface area contributed by atoms with E-state index >= 15 is 0 Å². The number of hydrogen-bond acceptors (Lipinski definition) is 4. The number of benzene rings is 3. The number of aldehydes is 1. The summed E-state index contributed by atoms with van der Waals surface area (Å²) in [5.74, 6) is 1.95. The molecule has 0 saturated heterocycles. The molecule has 0 unspecified atom stereocenters. The molecule has 0 saturated carbocycles. The Bertz CT molecular complexity index is 837. The van der Waals surface area contributed by atoms with Crippen molar-refractivity contribution in [2.45, 2.75) is 0 Å². The van der Waals surface area contributed by atoms with Crippen LogP contribution in [0.4, 0.5) is 0 Å². The van der Waals surface area contributed by atoms with Gasteiger partial charge >= 0.3 is 0 Å². The van der Waals surface area contributed by atoms with Crippen LogP contribution in [0.25, 0.3) is 10.8 Å². The summed E-state index contributed by atoms with van der Waals surface area (Å²) in [6, 6.07) is 19.1. The van der Waals surface area contributed by atoms with E-state index in [9.17, 15) is 4.79 Å². The molecule has 0 bridgehead atoms. The number of ether oxygens (including phenoxy) is 3. The first kappa shape index (κ1) is 15.9. The summed E-state index contributed by atoms with van der Waals surface area (Å²) in [6.45, 7) is 0.784.